The van der Waals surface area contributed by atoms with E-state index in [0.29, 0.717) is 28.6 Å². The van der Waals surface area contributed by atoms with Gasteiger partial charge in [-0.15, -0.1) is 11.8 Å². The van der Waals surface area contributed by atoms with Crippen molar-refractivity contribution in [3.05, 3.63) is 96.1 Å². The maximum Gasteiger partial charge on any atom is 0.251 e. The predicted molar refractivity (Wildman–Crippen MR) is 137 cm³/mol. The van der Waals surface area contributed by atoms with Crippen LogP contribution in [0, 0.1) is 0 Å². The number of anilines is 1. The molecule has 8 heteroatoms. The molecular formula is C27H27N3O4S. The van der Waals surface area contributed by atoms with E-state index in [1.54, 1.807) is 60.5 Å². The van der Waals surface area contributed by atoms with Gasteiger partial charge in [-0.1, -0.05) is 48.5 Å². The van der Waals surface area contributed by atoms with E-state index in [0.717, 1.165) is 5.56 Å². The van der Waals surface area contributed by atoms with Gasteiger partial charge in [0.2, 0.25) is 11.8 Å². The zero-order valence-corrected chi connectivity index (χ0v) is 20.2. The van der Waals surface area contributed by atoms with Crippen molar-refractivity contribution in [1.82, 2.24) is 10.2 Å². The molecule has 1 heterocycles. The van der Waals surface area contributed by atoms with Crippen molar-refractivity contribution < 1.29 is 19.1 Å². The van der Waals surface area contributed by atoms with E-state index >= 15 is 0 Å². The molecule has 0 aliphatic carbocycles. The van der Waals surface area contributed by atoms with Gasteiger partial charge in [0.25, 0.3) is 5.91 Å². The Labute approximate surface area is 208 Å². The molecule has 35 heavy (non-hydrogen) atoms. The van der Waals surface area contributed by atoms with Gasteiger partial charge in [-0.25, -0.2) is 0 Å². The summed E-state index contributed by atoms with van der Waals surface area (Å²) in [6.07, 6.45) is 0.0511. The minimum absolute atomic E-state index is 0.0511. The van der Waals surface area contributed by atoms with Gasteiger partial charge in [0.1, 0.15) is 11.8 Å². The first-order valence-electron chi connectivity index (χ1n) is 11.3. The molecule has 7 nitrogen and oxygen atoms in total. The molecule has 2 unspecified atom stereocenters. The maximum atomic E-state index is 13.4. The van der Waals surface area contributed by atoms with Crippen LogP contribution in [-0.4, -0.2) is 47.4 Å². The number of hydrogen-bond donors (Lipinski definition) is 2. The summed E-state index contributed by atoms with van der Waals surface area (Å²) >= 11 is 1.53. The van der Waals surface area contributed by atoms with Crippen LogP contribution < -0.4 is 15.4 Å². The Morgan fingerprint density at radius 2 is 1.63 bits per heavy atom. The quantitative estimate of drug-likeness (QED) is 0.498. The second kappa shape index (κ2) is 11.6. The zero-order valence-electron chi connectivity index (χ0n) is 19.3. The van der Waals surface area contributed by atoms with Gasteiger partial charge < -0.3 is 20.3 Å². The number of nitrogens with one attached hydrogen (secondary N) is 2. The maximum absolute atomic E-state index is 13.4. The van der Waals surface area contributed by atoms with Crippen LogP contribution in [0.15, 0.2) is 84.9 Å². The fourth-order valence-electron chi connectivity index (χ4n) is 3.87. The summed E-state index contributed by atoms with van der Waals surface area (Å²) in [5.74, 6) is 0.955. The Morgan fingerprint density at radius 3 is 2.29 bits per heavy atom. The summed E-state index contributed by atoms with van der Waals surface area (Å²) in [7, 11) is 1.58. The van der Waals surface area contributed by atoms with Crippen molar-refractivity contribution in [1.29, 1.82) is 0 Å². The molecule has 0 saturated carbocycles. The lowest BCUT2D eigenvalue weighted by atomic mass is 10.0. The lowest BCUT2D eigenvalue weighted by molar-refractivity contribution is -0.136. The molecule has 1 saturated heterocycles. The van der Waals surface area contributed by atoms with Gasteiger partial charge in [0, 0.05) is 17.0 Å². The van der Waals surface area contributed by atoms with Gasteiger partial charge >= 0.3 is 0 Å². The number of thioether (sulfide) groups is 1. The smallest absolute Gasteiger partial charge is 0.251 e. The number of hydrogen-bond acceptors (Lipinski definition) is 5. The molecule has 3 aromatic carbocycles. The van der Waals surface area contributed by atoms with E-state index < -0.39 is 12.1 Å². The van der Waals surface area contributed by atoms with E-state index in [9.17, 15) is 14.4 Å². The fraction of sp³-hybridized carbons (Fsp3) is 0.222. The Hall–Kier alpha value is -3.78. The van der Waals surface area contributed by atoms with E-state index in [4.69, 9.17) is 4.74 Å². The lowest BCUT2D eigenvalue weighted by Crippen LogP contribution is -2.45. The topological polar surface area (TPSA) is 87.7 Å². The Bertz CT molecular complexity index is 1160. The molecule has 1 aliphatic heterocycles. The third kappa shape index (κ3) is 6.22. The van der Waals surface area contributed by atoms with Crippen molar-refractivity contribution in [2.24, 2.45) is 0 Å². The van der Waals surface area contributed by atoms with Gasteiger partial charge in [-0.2, -0.15) is 0 Å². The minimum Gasteiger partial charge on any atom is -0.497 e. The first kappa shape index (κ1) is 24.3. The SMILES string of the molecule is COc1ccc(NC(=O)C2CSCN2C(=O)CC(NC(=O)c2ccccc2)c2ccccc2)cc1. The second-order valence-electron chi connectivity index (χ2n) is 8.10. The highest BCUT2D eigenvalue weighted by atomic mass is 32.2. The van der Waals surface area contributed by atoms with E-state index in [1.807, 2.05) is 36.4 Å². The number of carbonyl (C=O) groups is 3. The van der Waals surface area contributed by atoms with Crippen LogP contribution in [0.1, 0.15) is 28.4 Å². The van der Waals surface area contributed by atoms with Crippen LogP contribution in [0.3, 0.4) is 0 Å². The first-order valence-corrected chi connectivity index (χ1v) is 12.4. The highest BCUT2D eigenvalue weighted by Gasteiger charge is 2.36. The molecule has 180 valence electrons. The molecule has 4 rings (SSSR count). The van der Waals surface area contributed by atoms with Gasteiger partial charge in [0.05, 0.1) is 25.4 Å². The van der Waals surface area contributed by atoms with Gasteiger partial charge in [-0.05, 0) is 42.0 Å². The molecule has 1 aliphatic rings. The van der Waals surface area contributed by atoms with Crippen LogP contribution in [0.4, 0.5) is 5.69 Å². The summed E-state index contributed by atoms with van der Waals surface area (Å²) in [5, 5.41) is 5.88. The van der Waals surface area contributed by atoms with Crippen LogP contribution in [-0.2, 0) is 9.59 Å². The van der Waals surface area contributed by atoms with Crippen LogP contribution in [0.2, 0.25) is 0 Å². The molecule has 1 fully saturated rings. The average molecular weight is 490 g/mol. The lowest BCUT2D eigenvalue weighted by Gasteiger charge is -2.26. The number of amides is 3. The largest absolute Gasteiger partial charge is 0.497 e. The van der Waals surface area contributed by atoms with Crippen molar-refractivity contribution in [2.75, 3.05) is 24.1 Å². The summed E-state index contributed by atoms with van der Waals surface area (Å²) in [6.45, 7) is 0. The number of rotatable bonds is 8. The number of methoxy groups -OCH3 is 1. The van der Waals surface area contributed by atoms with Crippen molar-refractivity contribution in [3.8, 4) is 5.75 Å². The molecule has 2 atom stereocenters. The molecule has 0 spiro atoms. The summed E-state index contributed by atoms with van der Waals surface area (Å²) in [4.78, 5) is 40.8. The molecule has 2 N–H and O–H groups in total. The zero-order chi connectivity index (χ0) is 24.6. The van der Waals surface area contributed by atoms with Crippen LogP contribution in [0.25, 0.3) is 0 Å². The Kier molecular flexibility index (Phi) is 8.05. The molecule has 3 aromatic rings. The molecule has 0 bridgehead atoms. The normalized spacial score (nSPS) is 15.8. The van der Waals surface area contributed by atoms with Crippen molar-refractivity contribution in [3.63, 3.8) is 0 Å². The summed E-state index contributed by atoms with van der Waals surface area (Å²) in [6, 6.07) is 24.2. The Morgan fingerprint density at radius 1 is 0.971 bits per heavy atom. The third-order valence-electron chi connectivity index (χ3n) is 5.78. The molecule has 3 amide bonds. The minimum atomic E-state index is -0.587. The van der Waals surface area contributed by atoms with Crippen molar-refractivity contribution >= 4 is 35.2 Å². The Balaban J connectivity index is 1.46. The predicted octanol–water partition coefficient (Wildman–Crippen LogP) is 4.10. The highest BCUT2D eigenvalue weighted by molar-refractivity contribution is 7.99. The number of ether oxygens (including phenoxy) is 1. The fourth-order valence-corrected chi connectivity index (χ4v) is 5.05. The number of nitrogens with zero attached hydrogens (tertiary/aromatic N) is 1. The average Bonchev–Trinajstić information content (AvgIpc) is 3.40. The monoisotopic (exact) mass is 489 g/mol. The van der Waals surface area contributed by atoms with Gasteiger partial charge in [-0.3, -0.25) is 14.4 Å². The summed E-state index contributed by atoms with van der Waals surface area (Å²) in [5.41, 5.74) is 1.99. The highest BCUT2D eigenvalue weighted by Crippen LogP contribution is 2.26. The standard InChI is InChI=1S/C27H27N3O4S/c1-34-22-14-12-21(13-15-22)28-27(33)24-17-35-18-30(24)25(31)16-23(19-8-4-2-5-9-19)29-26(32)20-10-6-3-7-11-20/h2-15,23-24H,16-18H2,1H3,(H,28,33)(H,29,32). The van der Waals surface area contributed by atoms with Gasteiger partial charge in [0.15, 0.2) is 0 Å². The molecule has 0 aromatic heterocycles. The molecular weight excluding hydrogens is 462 g/mol. The third-order valence-corrected chi connectivity index (χ3v) is 6.80. The van der Waals surface area contributed by atoms with Crippen LogP contribution >= 0.6 is 11.8 Å². The van der Waals surface area contributed by atoms with Crippen molar-refractivity contribution in [2.45, 2.75) is 18.5 Å². The first-order chi connectivity index (χ1) is 17.0. The van der Waals surface area contributed by atoms with Crippen LogP contribution in [0.5, 0.6) is 5.75 Å². The van der Waals surface area contributed by atoms with E-state index in [-0.39, 0.29) is 24.1 Å². The summed E-state index contributed by atoms with van der Waals surface area (Å²) < 4.78 is 5.15. The van der Waals surface area contributed by atoms with E-state index in [1.165, 1.54) is 11.8 Å². The number of benzene rings is 3. The second-order valence-corrected chi connectivity index (χ2v) is 9.10. The number of carbonyl (C=O) groups excluding carboxylic acids is 3. The van der Waals surface area contributed by atoms with E-state index in [2.05, 4.69) is 10.6 Å². The molecule has 0 radical (unpaired) electrons.